The molecule has 0 aromatic carbocycles. The van der Waals surface area contributed by atoms with Gasteiger partial charge in [0.1, 0.15) is 0 Å². The van der Waals surface area contributed by atoms with E-state index in [4.69, 9.17) is 5.11 Å². The van der Waals surface area contributed by atoms with Crippen LogP contribution >= 0.6 is 0 Å². The van der Waals surface area contributed by atoms with Crippen molar-refractivity contribution in [2.75, 3.05) is 13.7 Å². The summed E-state index contributed by atoms with van der Waals surface area (Å²) in [6.07, 6.45) is 0.508. The summed E-state index contributed by atoms with van der Waals surface area (Å²) in [5, 5.41) is 8.79. The molecule has 1 heterocycles. The normalized spacial score (nSPS) is 33.5. The molecule has 2 unspecified atom stereocenters. The van der Waals surface area contributed by atoms with Gasteiger partial charge in [0, 0.05) is 32.0 Å². The number of carbonyl (C=O) groups is 1. The molecular formula is C7H13NO2. The van der Waals surface area contributed by atoms with Crippen molar-refractivity contribution in [3.8, 4) is 0 Å². The van der Waals surface area contributed by atoms with Crippen molar-refractivity contribution in [3.05, 3.63) is 0 Å². The minimum atomic E-state index is 0.122. The van der Waals surface area contributed by atoms with Crippen LogP contribution in [-0.2, 0) is 4.79 Å². The number of aliphatic hydroxyl groups excluding tert-OH is 1. The highest BCUT2D eigenvalue weighted by atomic mass is 16.3. The number of rotatable bonds is 1. The molecule has 0 radical (unpaired) electrons. The number of likely N-dealkylation sites (tertiary alicyclic amines) is 1. The summed E-state index contributed by atoms with van der Waals surface area (Å²) in [5.41, 5.74) is 0. The van der Waals surface area contributed by atoms with Crippen molar-refractivity contribution < 1.29 is 9.90 Å². The van der Waals surface area contributed by atoms with Gasteiger partial charge in [0.15, 0.2) is 0 Å². The Morgan fingerprint density at radius 1 is 1.80 bits per heavy atom. The summed E-state index contributed by atoms with van der Waals surface area (Å²) in [4.78, 5) is 12.7. The molecule has 3 nitrogen and oxygen atoms in total. The van der Waals surface area contributed by atoms with Gasteiger partial charge in [-0.3, -0.25) is 4.79 Å². The van der Waals surface area contributed by atoms with Crippen LogP contribution in [0.2, 0.25) is 0 Å². The Morgan fingerprint density at radius 2 is 2.40 bits per heavy atom. The van der Waals surface area contributed by atoms with Crippen LogP contribution < -0.4 is 0 Å². The van der Waals surface area contributed by atoms with Crippen molar-refractivity contribution in [1.82, 2.24) is 4.90 Å². The first-order valence-electron chi connectivity index (χ1n) is 3.53. The first-order chi connectivity index (χ1) is 4.66. The Kier molecular flexibility index (Phi) is 1.94. The zero-order chi connectivity index (χ0) is 7.72. The highest BCUT2D eigenvalue weighted by molar-refractivity contribution is 5.78. The molecule has 1 saturated heterocycles. The Labute approximate surface area is 60.6 Å². The standard InChI is InChI=1S/C7H13NO2/c1-5-6(4-9)3-7(10)8(5)2/h5-6,9H,3-4H2,1-2H3. The first kappa shape index (κ1) is 7.54. The number of aliphatic hydroxyl groups is 1. The fourth-order valence-electron chi connectivity index (χ4n) is 1.30. The van der Waals surface area contributed by atoms with Crippen LogP contribution in [0.5, 0.6) is 0 Å². The molecule has 0 aliphatic carbocycles. The Morgan fingerprint density at radius 3 is 2.60 bits per heavy atom. The van der Waals surface area contributed by atoms with Gasteiger partial charge in [-0.1, -0.05) is 0 Å². The fraction of sp³-hybridized carbons (Fsp3) is 0.857. The van der Waals surface area contributed by atoms with E-state index in [1.54, 1.807) is 11.9 Å². The second-order valence-corrected chi connectivity index (χ2v) is 2.89. The van der Waals surface area contributed by atoms with E-state index >= 15 is 0 Å². The molecule has 1 aliphatic heterocycles. The zero-order valence-corrected chi connectivity index (χ0v) is 6.37. The molecule has 1 aliphatic rings. The van der Waals surface area contributed by atoms with Crippen molar-refractivity contribution in [2.45, 2.75) is 19.4 Å². The average Bonchev–Trinajstić information content (AvgIpc) is 2.17. The van der Waals surface area contributed by atoms with Gasteiger partial charge in [-0.15, -0.1) is 0 Å². The summed E-state index contributed by atoms with van der Waals surface area (Å²) in [7, 11) is 1.78. The molecule has 0 spiro atoms. The third-order valence-corrected chi connectivity index (χ3v) is 2.36. The number of amides is 1. The van der Waals surface area contributed by atoms with Crippen LogP contribution in [0.1, 0.15) is 13.3 Å². The second kappa shape index (κ2) is 2.58. The predicted molar refractivity (Wildman–Crippen MR) is 37.4 cm³/mol. The van der Waals surface area contributed by atoms with Crippen LogP contribution in [0.25, 0.3) is 0 Å². The maximum Gasteiger partial charge on any atom is 0.223 e. The predicted octanol–water partition coefficient (Wildman–Crippen LogP) is -0.155. The van der Waals surface area contributed by atoms with Crippen molar-refractivity contribution >= 4 is 5.91 Å². The molecule has 0 aromatic rings. The molecule has 1 N–H and O–H groups in total. The minimum Gasteiger partial charge on any atom is -0.396 e. The Bertz CT molecular complexity index is 147. The van der Waals surface area contributed by atoms with Gasteiger partial charge in [0.05, 0.1) is 0 Å². The summed E-state index contributed by atoms with van der Waals surface area (Å²) in [5.74, 6) is 0.295. The van der Waals surface area contributed by atoms with Crippen molar-refractivity contribution in [1.29, 1.82) is 0 Å². The lowest BCUT2D eigenvalue weighted by Crippen LogP contribution is -2.29. The van der Waals surface area contributed by atoms with Crippen LogP contribution in [-0.4, -0.2) is 35.6 Å². The van der Waals surface area contributed by atoms with E-state index in [1.165, 1.54) is 0 Å². The fourth-order valence-corrected chi connectivity index (χ4v) is 1.30. The number of carbonyl (C=O) groups excluding carboxylic acids is 1. The van der Waals surface area contributed by atoms with Crippen LogP contribution in [0.15, 0.2) is 0 Å². The highest BCUT2D eigenvalue weighted by Gasteiger charge is 2.33. The topological polar surface area (TPSA) is 40.5 Å². The smallest absolute Gasteiger partial charge is 0.223 e. The van der Waals surface area contributed by atoms with E-state index in [-0.39, 0.29) is 24.5 Å². The van der Waals surface area contributed by atoms with Gasteiger partial charge < -0.3 is 10.0 Å². The first-order valence-corrected chi connectivity index (χ1v) is 3.53. The minimum absolute atomic E-state index is 0.122. The lowest BCUT2D eigenvalue weighted by atomic mass is 10.0. The lowest BCUT2D eigenvalue weighted by Gasteiger charge is -2.18. The third kappa shape index (κ3) is 1.01. The van der Waals surface area contributed by atoms with Gasteiger partial charge >= 0.3 is 0 Å². The summed E-state index contributed by atoms with van der Waals surface area (Å²) < 4.78 is 0. The average molecular weight is 143 g/mol. The molecule has 2 atom stereocenters. The van der Waals surface area contributed by atoms with Crippen LogP contribution in [0.4, 0.5) is 0 Å². The van der Waals surface area contributed by atoms with E-state index in [0.717, 1.165) is 0 Å². The summed E-state index contributed by atoms with van der Waals surface area (Å²) >= 11 is 0. The SMILES string of the molecule is CC1C(CO)CC(=O)N1C. The second-order valence-electron chi connectivity index (χ2n) is 2.89. The number of nitrogens with zero attached hydrogens (tertiary/aromatic N) is 1. The highest BCUT2D eigenvalue weighted by Crippen LogP contribution is 2.22. The van der Waals surface area contributed by atoms with E-state index in [9.17, 15) is 4.79 Å². The van der Waals surface area contributed by atoms with Crippen molar-refractivity contribution in [3.63, 3.8) is 0 Å². The number of hydrogen-bond donors (Lipinski definition) is 1. The zero-order valence-electron chi connectivity index (χ0n) is 6.37. The molecule has 1 fully saturated rings. The largest absolute Gasteiger partial charge is 0.396 e. The van der Waals surface area contributed by atoms with E-state index in [1.807, 2.05) is 6.92 Å². The molecule has 0 saturated carbocycles. The summed E-state index contributed by atoms with van der Waals surface area (Å²) in [6, 6.07) is 0.206. The molecule has 0 bridgehead atoms. The van der Waals surface area contributed by atoms with E-state index < -0.39 is 0 Å². The lowest BCUT2D eigenvalue weighted by molar-refractivity contribution is -0.127. The molecule has 0 aromatic heterocycles. The van der Waals surface area contributed by atoms with E-state index in [0.29, 0.717) is 6.42 Å². The maximum absolute atomic E-state index is 11.0. The van der Waals surface area contributed by atoms with Gasteiger partial charge in [-0.25, -0.2) is 0 Å². The molecule has 58 valence electrons. The maximum atomic E-state index is 11.0. The third-order valence-electron chi connectivity index (χ3n) is 2.36. The summed E-state index contributed by atoms with van der Waals surface area (Å²) in [6.45, 7) is 2.09. The Hall–Kier alpha value is -0.570. The van der Waals surface area contributed by atoms with Crippen LogP contribution in [0.3, 0.4) is 0 Å². The molecular weight excluding hydrogens is 130 g/mol. The molecule has 10 heavy (non-hydrogen) atoms. The van der Waals surface area contributed by atoms with Gasteiger partial charge in [0.25, 0.3) is 0 Å². The molecule has 1 rings (SSSR count). The van der Waals surface area contributed by atoms with Gasteiger partial charge in [-0.2, -0.15) is 0 Å². The van der Waals surface area contributed by atoms with Crippen LogP contribution in [0, 0.1) is 5.92 Å². The van der Waals surface area contributed by atoms with Gasteiger partial charge in [-0.05, 0) is 6.92 Å². The monoisotopic (exact) mass is 143 g/mol. The molecule has 3 heteroatoms. The number of hydrogen-bond acceptors (Lipinski definition) is 2. The quantitative estimate of drug-likeness (QED) is 0.554. The molecule has 1 amide bonds. The van der Waals surface area contributed by atoms with E-state index in [2.05, 4.69) is 0 Å². The Balaban J connectivity index is 2.61. The van der Waals surface area contributed by atoms with Gasteiger partial charge in [0.2, 0.25) is 5.91 Å². The van der Waals surface area contributed by atoms with Crippen molar-refractivity contribution in [2.24, 2.45) is 5.92 Å².